The maximum absolute atomic E-state index is 3.41. The van der Waals surface area contributed by atoms with Crippen molar-refractivity contribution in [3.63, 3.8) is 0 Å². The molecule has 0 aromatic heterocycles. The molecular formula is C6H6AsBr. The standard InChI is InChI=1S/C6H6AsBr/c7-5-3-1-2-4-6(5)8/h1-4H,7H2. The maximum atomic E-state index is 3.41. The van der Waals surface area contributed by atoms with E-state index in [2.05, 4.69) is 28.1 Å². The van der Waals surface area contributed by atoms with Gasteiger partial charge in [-0.3, -0.25) is 0 Å². The van der Waals surface area contributed by atoms with E-state index in [1.165, 1.54) is 8.82 Å². The molecule has 8 heavy (non-hydrogen) atoms. The van der Waals surface area contributed by atoms with Gasteiger partial charge in [-0.15, -0.1) is 0 Å². The third kappa shape index (κ3) is 1.37. The molecular weight excluding hydrogens is 227 g/mol. The summed E-state index contributed by atoms with van der Waals surface area (Å²) in [6, 6.07) is 8.22. The molecule has 1 unspecified atom stereocenters. The molecule has 0 bridgehead atoms. The third-order valence-electron chi connectivity index (χ3n) is 0.905. The van der Waals surface area contributed by atoms with Gasteiger partial charge in [-0.05, 0) is 0 Å². The van der Waals surface area contributed by atoms with Crippen LogP contribution in [0.25, 0.3) is 0 Å². The molecule has 2 heteroatoms. The molecule has 1 aromatic rings. The minimum absolute atomic E-state index is 1.21. The van der Waals surface area contributed by atoms with Gasteiger partial charge in [0.1, 0.15) is 0 Å². The minimum atomic E-state index is 1.21. The van der Waals surface area contributed by atoms with Crippen molar-refractivity contribution in [1.82, 2.24) is 0 Å². The van der Waals surface area contributed by atoms with E-state index in [0.29, 0.717) is 0 Å². The fourth-order valence-electron chi connectivity index (χ4n) is 0.475. The van der Waals surface area contributed by atoms with E-state index < -0.39 is 0 Å². The van der Waals surface area contributed by atoms with Gasteiger partial charge in [-0.2, -0.15) is 0 Å². The molecule has 0 saturated heterocycles. The van der Waals surface area contributed by atoms with Gasteiger partial charge in [0.25, 0.3) is 0 Å². The van der Waals surface area contributed by atoms with Crippen LogP contribution in [0.1, 0.15) is 0 Å². The summed E-state index contributed by atoms with van der Waals surface area (Å²) in [7, 11) is 0. The fourth-order valence-corrected chi connectivity index (χ4v) is 1.19. The van der Waals surface area contributed by atoms with Gasteiger partial charge in [0.15, 0.2) is 0 Å². The topological polar surface area (TPSA) is 0 Å². The van der Waals surface area contributed by atoms with E-state index in [9.17, 15) is 0 Å². The van der Waals surface area contributed by atoms with Crippen LogP contribution in [-0.4, -0.2) is 16.9 Å². The van der Waals surface area contributed by atoms with Crippen LogP contribution in [0.5, 0.6) is 0 Å². The number of halogens is 1. The molecule has 1 rings (SSSR count). The Morgan fingerprint density at radius 3 is 2.25 bits per heavy atom. The monoisotopic (exact) mass is 232 g/mol. The van der Waals surface area contributed by atoms with Crippen LogP contribution in [-0.2, 0) is 0 Å². The molecule has 0 aliphatic rings. The van der Waals surface area contributed by atoms with Gasteiger partial charge in [0.2, 0.25) is 0 Å². The summed E-state index contributed by atoms with van der Waals surface area (Å²) >= 11 is 5.06. The second-order valence-corrected chi connectivity index (χ2v) is 3.68. The Morgan fingerprint density at radius 2 is 1.88 bits per heavy atom. The summed E-state index contributed by atoms with van der Waals surface area (Å²) in [5.41, 5.74) is 0. The van der Waals surface area contributed by atoms with Crippen molar-refractivity contribution in [3.8, 4) is 0 Å². The van der Waals surface area contributed by atoms with Crippen molar-refractivity contribution in [2.45, 2.75) is 0 Å². The van der Waals surface area contributed by atoms with Gasteiger partial charge >= 0.3 is 65.9 Å². The molecule has 0 spiro atoms. The van der Waals surface area contributed by atoms with Crippen molar-refractivity contribution < 1.29 is 0 Å². The molecule has 0 fully saturated rings. The van der Waals surface area contributed by atoms with Crippen LogP contribution in [0.15, 0.2) is 28.7 Å². The molecule has 0 nitrogen and oxygen atoms in total. The summed E-state index contributed by atoms with van der Waals surface area (Å²) in [5.74, 6) is 0. The Labute approximate surface area is 65.9 Å². The molecule has 0 aliphatic carbocycles. The molecule has 0 radical (unpaired) electrons. The van der Waals surface area contributed by atoms with Crippen LogP contribution >= 0.6 is 15.9 Å². The number of hydrogen-bond acceptors (Lipinski definition) is 0. The van der Waals surface area contributed by atoms with E-state index >= 15 is 0 Å². The zero-order valence-electron chi connectivity index (χ0n) is 4.26. The summed E-state index contributed by atoms with van der Waals surface area (Å²) in [6.07, 6.45) is 0. The first-order chi connectivity index (χ1) is 3.80. The Morgan fingerprint density at radius 1 is 1.25 bits per heavy atom. The van der Waals surface area contributed by atoms with Gasteiger partial charge in [-0.25, -0.2) is 0 Å². The summed E-state index contributed by atoms with van der Waals surface area (Å²) in [6.45, 7) is 0. The van der Waals surface area contributed by atoms with Crippen molar-refractivity contribution in [3.05, 3.63) is 28.7 Å². The van der Waals surface area contributed by atoms with Crippen molar-refractivity contribution in [1.29, 1.82) is 0 Å². The first-order valence-corrected chi connectivity index (χ1v) is 4.31. The normalized spacial score (nSPS) is 9.25. The molecule has 0 amide bonds. The van der Waals surface area contributed by atoms with Crippen LogP contribution in [0.3, 0.4) is 0 Å². The fraction of sp³-hybridized carbons (Fsp3) is 0. The van der Waals surface area contributed by atoms with Crippen LogP contribution in [0.2, 0.25) is 0 Å². The predicted molar refractivity (Wildman–Crippen MR) is 42.3 cm³/mol. The zero-order valence-corrected chi connectivity index (χ0v) is 8.27. The molecule has 0 N–H and O–H groups in total. The van der Waals surface area contributed by atoms with E-state index in [4.69, 9.17) is 0 Å². The first kappa shape index (κ1) is 6.38. The number of hydrogen-bond donors (Lipinski definition) is 0. The summed E-state index contributed by atoms with van der Waals surface area (Å²) in [5, 5.41) is 0. The van der Waals surface area contributed by atoms with Gasteiger partial charge in [0.05, 0.1) is 0 Å². The van der Waals surface area contributed by atoms with Crippen LogP contribution in [0.4, 0.5) is 0 Å². The van der Waals surface area contributed by atoms with E-state index in [1.54, 1.807) is 16.9 Å². The molecule has 0 aliphatic heterocycles. The second kappa shape index (κ2) is 2.70. The van der Waals surface area contributed by atoms with Crippen molar-refractivity contribution >= 4 is 37.1 Å². The average Bonchev–Trinajstić information content (AvgIpc) is 1.77. The quantitative estimate of drug-likeness (QED) is 0.579. The molecule has 1 aromatic carbocycles. The van der Waals surface area contributed by atoms with Crippen LogP contribution < -0.4 is 4.35 Å². The van der Waals surface area contributed by atoms with E-state index in [0.717, 1.165) is 0 Å². The molecule has 1 atom stereocenters. The average molecular weight is 233 g/mol. The SMILES string of the molecule is [AsH2]c1ccccc1Br. The molecule has 0 saturated carbocycles. The molecule has 0 heterocycles. The van der Waals surface area contributed by atoms with Crippen LogP contribution in [0, 0.1) is 0 Å². The molecule has 42 valence electrons. The Balaban J connectivity index is 3.13. The van der Waals surface area contributed by atoms with Gasteiger partial charge < -0.3 is 0 Å². The summed E-state index contributed by atoms with van der Waals surface area (Å²) < 4.78 is 2.56. The van der Waals surface area contributed by atoms with E-state index in [1.807, 2.05) is 12.1 Å². The van der Waals surface area contributed by atoms with Gasteiger partial charge in [-0.1, -0.05) is 0 Å². The Hall–Kier alpha value is 0.258. The van der Waals surface area contributed by atoms with E-state index in [-0.39, 0.29) is 0 Å². The third-order valence-corrected chi connectivity index (χ3v) is 3.57. The Bertz CT molecular complexity index is 165. The van der Waals surface area contributed by atoms with Gasteiger partial charge in [0, 0.05) is 0 Å². The van der Waals surface area contributed by atoms with Crippen molar-refractivity contribution in [2.24, 2.45) is 0 Å². The van der Waals surface area contributed by atoms with Crippen molar-refractivity contribution in [2.75, 3.05) is 0 Å². The predicted octanol–water partition coefficient (Wildman–Crippen LogP) is 0.708. The first-order valence-electron chi connectivity index (χ1n) is 2.31. The Kier molecular flexibility index (Phi) is 2.15. The second-order valence-electron chi connectivity index (χ2n) is 1.52. The number of benzene rings is 1. The summed E-state index contributed by atoms with van der Waals surface area (Å²) in [4.78, 5) is 0. The zero-order chi connectivity index (χ0) is 5.98. The number of rotatable bonds is 0.